The van der Waals surface area contributed by atoms with Crippen LogP contribution in [-0.4, -0.2) is 22.6 Å². The molecule has 4 aliphatic rings. The van der Waals surface area contributed by atoms with E-state index < -0.39 is 11.4 Å². The van der Waals surface area contributed by atoms with E-state index in [1.807, 2.05) is 6.08 Å². The Morgan fingerprint density at radius 2 is 1.76 bits per heavy atom. The van der Waals surface area contributed by atoms with Crippen molar-refractivity contribution in [3.8, 4) is 0 Å². The lowest BCUT2D eigenvalue weighted by Crippen LogP contribution is -2.56. The van der Waals surface area contributed by atoms with Crippen molar-refractivity contribution in [2.45, 2.75) is 106 Å². The molecule has 188 valence electrons. The minimum Gasteiger partial charge on any atom is -0.478 e. The number of fused-ring (bicyclic) bond motifs is 4. The molecule has 0 aromatic carbocycles. The van der Waals surface area contributed by atoms with E-state index in [2.05, 4.69) is 41.5 Å². The van der Waals surface area contributed by atoms with E-state index in [1.165, 1.54) is 5.57 Å². The van der Waals surface area contributed by atoms with Crippen LogP contribution >= 0.6 is 0 Å². The molecule has 4 nitrogen and oxygen atoms in total. The Hall–Kier alpha value is -1.71. The molecule has 4 rings (SSSR count). The minimum absolute atomic E-state index is 0.0478. The van der Waals surface area contributed by atoms with Gasteiger partial charge in [0.15, 0.2) is 5.78 Å². The maximum atomic E-state index is 13.9. The smallest absolute Gasteiger partial charge is 0.330 e. The Labute approximate surface area is 205 Å². The summed E-state index contributed by atoms with van der Waals surface area (Å²) in [5, 5.41) is 9.15. The van der Waals surface area contributed by atoms with Gasteiger partial charge in [-0.1, -0.05) is 53.2 Å². The zero-order chi connectivity index (χ0) is 25.3. The molecular formula is C30H44O4. The van der Waals surface area contributed by atoms with Crippen LogP contribution in [0.2, 0.25) is 0 Å². The van der Waals surface area contributed by atoms with Crippen LogP contribution in [-0.2, 0) is 14.4 Å². The molecule has 0 aromatic rings. The lowest BCUT2D eigenvalue weighted by Gasteiger charge is -2.60. The van der Waals surface area contributed by atoms with Gasteiger partial charge in [0.2, 0.25) is 0 Å². The summed E-state index contributed by atoms with van der Waals surface area (Å²) < 4.78 is 0. The third kappa shape index (κ3) is 3.41. The van der Waals surface area contributed by atoms with Gasteiger partial charge in [0.05, 0.1) is 0 Å². The molecule has 0 amide bonds. The quantitative estimate of drug-likeness (QED) is 0.444. The van der Waals surface area contributed by atoms with Gasteiger partial charge in [-0.3, -0.25) is 9.59 Å². The van der Waals surface area contributed by atoms with Crippen molar-refractivity contribution < 1.29 is 19.5 Å². The second-order valence-electron chi connectivity index (χ2n) is 13.2. The molecule has 0 aliphatic heterocycles. The van der Waals surface area contributed by atoms with Gasteiger partial charge in [0.25, 0.3) is 0 Å². The number of Topliss-reactive ketones (excluding diaryl/α,β-unsaturated/α-hetero) is 2. The van der Waals surface area contributed by atoms with Crippen LogP contribution in [0.4, 0.5) is 0 Å². The fourth-order valence-corrected chi connectivity index (χ4v) is 8.97. The van der Waals surface area contributed by atoms with Gasteiger partial charge in [-0.25, -0.2) is 4.79 Å². The summed E-state index contributed by atoms with van der Waals surface area (Å²) in [4.78, 5) is 37.8. The molecule has 4 aliphatic carbocycles. The first-order valence-corrected chi connectivity index (χ1v) is 13.4. The number of carboxylic acids is 1. The highest BCUT2D eigenvalue weighted by molar-refractivity contribution is 6.00. The Morgan fingerprint density at radius 3 is 2.41 bits per heavy atom. The summed E-state index contributed by atoms with van der Waals surface area (Å²) in [5.74, 6) is 0.923. The molecule has 0 aromatic heterocycles. The van der Waals surface area contributed by atoms with Crippen LogP contribution in [0.3, 0.4) is 0 Å². The fraction of sp³-hybridized carbons (Fsp3) is 0.767. The number of aliphatic carboxylic acids is 1. The van der Waals surface area contributed by atoms with E-state index in [9.17, 15) is 14.4 Å². The number of carboxylic acid groups (broad SMARTS) is 1. The van der Waals surface area contributed by atoms with E-state index >= 15 is 0 Å². The maximum absolute atomic E-state index is 13.9. The van der Waals surface area contributed by atoms with Crippen LogP contribution in [0.1, 0.15) is 106 Å². The Kier molecular flexibility index (Phi) is 6.10. The fourth-order valence-electron chi connectivity index (χ4n) is 8.97. The second kappa shape index (κ2) is 8.17. The van der Waals surface area contributed by atoms with Crippen LogP contribution in [0, 0.1) is 39.4 Å². The molecule has 1 unspecified atom stereocenters. The monoisotopic (exact) mass is 468 g/mol. The van der Waals surface area contributed by atoms with Crippen molar-refractivity contribution in [2.24, 2.45) is 39.4 Å². The molecule has 2 fully saturated rings. The summed E-state index contributed by atoms with van der Waals surface area (Å²) in [6.45, 7) is 15.3. The highest BCUT2D eigenvalue weighted by atomic mass is 16.4. The number of carbonyl (C=O) groups excluding carboxylic acids is 2. The van der Waals surface area contributed by atoms with E-state index in [0.717, 1.165) is 50.5 Å². The van der Waals surface area contributed by atoms with E-state index in [1.54, 1.807) is 6.92 Å². The first kappa shape index (κ1) is 25.4. The Morgan fingerprint density at radius 1 is 1.09 bits per heavy atom. The van der Waals surface area contributed by atoms with Crippen LogP contribution < -0.4 is 0 Å². The van der Waals surface area contributed by atoms with Crippen molar-refractivity contribution in [2.75, 3.05) is 0 Å². The number of carbonyl (C=O) groups is 3. The maximum Gasteiger partial charge on any atom is 0.330 e. The number of allylic oxidation sites excluding steroid dienone is 3. The zero-order valence-corrected chi connectivity index (χ0v) is 22.3. The minimum atomic E-state index is -0.838. The summed E-state index contributed by atoms with van der Waals surface area (Å²) in [6, 6.07) is 0. The van der Waals surface area contributed by atoms with Gasteiger partial charge in [-0.05, 0) is 80.5 Å². The predicted molar refractivity (Wildman–Crippen MR) is 134 cm³/mol. The standard InChI is InChI=1S/C30H44O4/c1-18(9-8-10-19(2)26(33)34)20-11-16-30(7)25-21(12-15-29(20,30)6)28(5)14-13-24(32)27(3,4)23(28)17-22(25)31/h10,18,20,23H,8-9,11-17H2,1-7H3,(H,33,34)/b19-10+/t18?,20-,23+,28+,29-,30-/m0/s1. The molecule has 0 spiro atoms. The van der Waals surface area contributed by atoms with Gasteiger partial charge < -0.3 is 5.11 Å². The summed E-state index contributed by atoms with van der Waals surface area (Å²) in [6.07, 6.45) is 9.91. The van der Waals surface area contributed by atoms with Gasteiger partial charge in [-0.15, -0.1) is 0 Å². The van der Waals surface area contributed by atoms with Gasteiger partial charge >= 0.3 is 5.97 Å². The molecular weight excluding hydrogens is 424 g/mol. The average molecular weight is 469 g/mol. The van der Waals surface area contributed by atoms with E-state index in [0.29, 0.717) is 41.8 Å². The van der Waals surface area contributed by atoms with Gasteiger partial charge in [0.1, 0.15) is 5.78 Å². The predicted octanol–water partition coefficient (Wildman–Crippen LogP) is 6.93. The van der Waals surface area contributed by atoms with Crippen molar-refractivity contribution in [1.82, 2.24) is 0 Å². The van der Waals surface area contributed by atoms with Crippen molar-refractivity contribution in [3.63, 3.8) is 0 Å². The topological polar surface area (TPSA) is 71.4 Å². The van der Waals surface area contributed by atoms with Crippen molar-refractivity contribution in [1.29, 1.82) is 0 Å². The second-order valence-corrected chi connectivity index (χ2v) is 13.2. The highest BCUT2D eigenvalue weighted by Gasteiger charge is 2.65. The van der Waals surface area contributed by atoms with Crippen LogP contribution in [0.25, 0.3) is 0 Å². The summed E-state index contributed by atoms with van der Waals surface area (Å²) in [5.41, 5.74) is 2.44. The molecule has 4 heteroatoms. The first-order valence-electron chi connectivity index (χ1n) is 13.4. The molecule has 2 saturated carbocycles. The van der Waals surface area contributed by atoms with Gasteiger partial charge in [0, 0.05) is 34.8 Å². The highest BCUT2D eigenvalue weighted by Crippen LogP contribution is 2.71. The molecule has 34 heavy (non-hydrogen) atoms. The Bertz CT molecular complexity index is 984. The van der Waals surface area contributed by atoms with Crippen LogP contribution in [0.15, 0.2) is 22.8 Å². The lowest BCUT2D eigenvalue weighted by molar-refractivity contribution is -0.142. The number of rotatable bonds is 5. The van der Waals surface area contributed by atoms with Gasteiger partial charge in [-0.2, -0.15) is 0 Å². The number of hydrogen-bond donors (Lipinski definition) is 1. The van der Waals surface area contributed by atoms with Crippen molar-refractivity contribution in [3.05, 3.63) is 22.8 Å². The number of hydrogen-bond acceptors (Lipinski definition) is 3. The van der Waals surface area contributed by atoms with Crippen LogP contribution in [0.5, 0.6) is 0 Å². The number of ketones is 2. The molecule has 1 N–H and O–H groups in total. The Balaban J connectivity index is 1.66. The normalized spacial score (nSPS) is 40.5. The SMILES string of the molecule is C/C(=C\CCC(C)[C@@H]1CC[C@@]2(C)C3=C(CC[C@@]12C)[C@@]1(C)CCC(=O)C(C)(C)[C@H]1CC3=O)C(=O)O. The first-order chi connectivity index (χ1) is 15.7. The third-order valence-corrected chi connectivity index (χ3v) is 11.5. The molecule has 0 radical (unpaired) electrons. The van der Waals surface area contributed by atoms with E-state index in [-0.39, 0.29) is 22.2 Å². The molecule has 0 heterocycles. The molecule has 0 bridgehead atoms. The largest absolute Gasteiger partial charge is 0.478 e. The van der Waals surface area contributed by atoms with E-state index in [4.69, 9.17) is 5.11 Å². The molecule has 6 atom stereocenters. The lowest BCUT2D eigenvalue weighted by atomic mass is 9.43. The average Bonchev–Trinajstić information content (AvgIpc) is 3.04. The third-order valence-electron chi connectivity index (χ3n) is 11.5. The summed E-state index contributed by atoms with van der Waals surface area (Å²) >= 11 is 0. The zero-order valence-electron chi connectivity index (χ0n) is 22.3. The van der Waals surface area contributed by atoms with Crippen molar-refractivity contribution >= 4 is 17.5 Å². The molecule has 0 saturated heterocycles. The summed E-state index contributed by atoms with van der Waals surface area (Å²) in [7, 11) is 0.